The molecule has 0 radical (unpaired) electrons. The van der Waals surface area contributed by atoms with Crippen LogP contribution in [0.1, 0.15) is 49.4 Å². The van der Waals surface area contributed by atoms with Gasteiger partial charge in [-0.1, -0.05) is 84.2 Å². The Morgan fingerprint density at radius 1 is 0.712 bits per heavy atom. The third-order valence-corrected chi connectivity index (χ3v) is 11.7. The molecule has 3 N–H and O–H groups in total. The molecular formula is C44H40Br3F6N6NaO6. The molecule has 22 heteroatoms. The summed E-state index contributed by atoms with van der Waals surface area (Å²) >= 11 is 9.63. The van der Waals surface area contributed by atoms with Gasteiger partial charge in [-0.25, -0.2) is 9.98 Å². The van der Waals surface area contributed by atoms with Crippen LogP contribution < -0.4 is 45.5 Å². The van der Waals surface area contributed by atoms with Gasteiger partial charge >= 0.3 is 41.9 Å². The fourth-order valence-electron chi connectivity index (χ4n) is 7.13. The van der Waals surface area contributed by atoms with Crippen molar-refractivity contribution in [2.75, 3.05) is 48.9 Å². The molecule has 0 aromatic heterocycles. The average molecular weight is 1130 g/mol. The summed E-state index contributed by atoms with van der Waals surface area (Å²) < 4.78 is 88.5. The van der Waals surface area contributed by atoms with Crippen molar-refractivity contribution in [3.63, 3.8) is 0 Å². The van der Waals surface area contributed by atoms with E-state index in [2.05, 4.69) is 73.7 Å². The number of ether oxygens (including phenoxy) is 2. The first-order valence-corrected chi connectivity index (χ1v) is 22.5. The molecule has 346 valence electrons. The van der Waals surface area contributed by atoms with E-state index in [0.29, 0.717) is 37.3 Å². The van der Waals surface area contributed by atoms with E-state index in [1.54, 1.807) is 24.3 Å². The number of halogens is 9. The number of amides is 4. The van der Waals surface area contributed by atoms with Crippen molar-refractivity contribution in [1.29, 1.82) is 0 Å². The third kappa shape index (κ3) is 13.8. The summed E-state index contributed by atoms with van der Waals surface area (Å²) in [5.74, 6) is -1.54. The van der Waals surface area contributed by atoms with E-state index in [9.17, 15) is 45.5 Å². The molecule has 66 heavy (non-hydrogen) atoms. The maximum atomic E-state index is 13.2. The molecule has 4 aromatic rings. The Morgan fingerprint density at radius 3 is 1.68 bits per heavy atom. The Kier molecular flexibility index (Phi) is 18.4. The quantitative estimate of drug-likeness (QED) is 0.113. The summed E-state index contributed by atoms with van der Waals surface area (Å²) in [7, 11) is 0. The molecule has 12 nitrogen and oxygen atoms in total. The molecule has 2 fully saturated rings. The smallest absolute Gasteiger partial charge is 1.00 e. The van der Waals surface area contributed by atoms with E-state index in [1.807, 2.05) is 24.3 Å². The molecule has 0 aliphatic carbocycles. The topological polar surface area (TPSA) is 151 Å². The molecule has 8 rings (SSSR count). The molecule has 2 saturated heterocycles. The molecule has 0 bridgehead atoms. The number of rotatable bonds is 7. The number of benzene rings is 4. The largest absolute Gasteiger partial charge is 1.00 e. The van der Waals surface area contributed by atoms with Gasteiger partial charge in [0.2, 0.25) is 11.8 Å². The number of anilines is 2. The first kappa shape index (κ1) is 53.0. The molecule has 2 unspecified atom stereocenters. The Bertz CT molecular complexity index is 2450. The number of nitrogens with zero attached hydrogens (tertiary/aromatic N) is 3. The SMILES string of the molecule is O=C(CBr)Nc1cccc(C(F)(F)F)c1.O=C(CN1C(=O)C(c2ccc(Br)cc2)=NC12CCCOC2)Nc1cccc(C(F)(F)F)c1.O=C1NC2(CCCOC2)N=C1c1ccc(Br)cc1.[H-].[Na+]. The fourth-order valence-corrected chi connectivity index (χ4v) is 7.80. The van der Waals surface area contributed by atoms with Crippen LogP contribution in [0, 0.1) is 0 Å². The van der Waals surface area contributed by atoms with Crippen LogP contribution in [0.15, 0.2) is 116 Å². The second-order valence-corrected chi connectivity index (χ2v) is 17.4. The zero-order valence-corrected chi connectivity index (χ0v) is 41.8. The molecule has 2 spiro atoms. The van der Waals surface area contributed by atoms with Crippen molar-refractivity contribution in [2.45, 2.75) is 49.4 Å². The second-order valence-electron chi connectivity index (χ2n) is 15.0. The van der Waals surface area contributed by atoms with E-state index < -0.39 is 52.5 Å². The Labute approximate surface area is 423 Å². The number of hydrogen-bond donors (Lipinski definition) is 3. The zero-order valence-electron chi connectivity index (χ0n) is 36.0. The van der Waals surface area contributed by atoms with Crippen LogP contribution in [0.4, 0.5) is 37.7 Å². The van der Waals surface area contributed by atoms with E-state index in [0.717, 1.165) is 58.2 Å². The normalized spacial score (nSPS) is 20.2. The number of carbonyl (C=O) groups is 4. The Morgan fingerprint density at radius 2 is 1.21 bits per heavy atom. The van der Waals surface area contributed by atoms with Gasteiger partial charge < -0.3 is 31.8 Å². The number of nitrogens with one attached hydrogen (secondary N) is 3. The van der Waals surface area contributed by atoms with Crippen LogP contribution in [-0.2, 0) is 41.0 Å². The van der Waals surface area contributed by atoms with Gasteiger partial charge in [0.15, 0.2) is 11.3 Å². The number of carbonyl (C=O) groups excluding carboxylic acids is 4. The molecule has 2 atom stereocenters. The van der Waals surface area contributed by atoms with Gasteiger partial charge in [0, 0.05) is 44.7 Å². The monoisotopic (exact) mass is 1120 g/mol. The Balaban J connectivity index is 0.000000238. The van der Waals surface area contributed by atoms with E-state index >= 15 is 0 Å². The number of hydrogen-bond acceptors (Lipinski definition) is 8. The maximum Gasteiger partial charge on any atom is 1.00 e. The number of alkyl halides is 7. The molecule has 4 heterocycles. The van der Waals surface area contributed by atoms with Gasteiger partial charge in [-0.2, -0.15) is 26.3 Å². The van der Waals surface area contributed by atoms with Crippen LogP contribution in [0.3, 0.4) is 0 Å². The third-order valence-electron chi connectivity index (χ3n) is 10.2. The molecule has 4 aliphatic rings. The van der Waals surface area contributed by atoms with Crippen molar-refractivity contribution >= 4 is 94.2 Å². The van der Waals surface area contributed by atoms with Gasteiger partial charge in [0.05, 0.1) is 29.7 Å². The Hall–Kier alpha value is -3.96. The fraction of sp³-hybridized carbons (Fsp3) is 0.318. The summed E-state index contributed by atoms with van der Waals surface area (Å²) in [6, 6.07) is 23.5. The van der Waals surface area contributed by atoms with Gasteiger partial charge in [-0.05, 0) is 86.3 Å². The van der Waals surface area contributed by atoms with Gasteiger partial charge in [-0.3, -0.25) is 19.2 Å². The average Bonchev–Trinajstić information content (AvgIpc) is 3.72. The van der Waals surface area contributed by atoms with Crippen molar-refractivity contribution in [3.05, 3.63) is 128 Å². The van der Waals surface area contributed by atoms with Crippen LogP contribution in [-0.4, -0.2) is 89.6 Å². The van der Waals surface area contributed by atoms with Crippen LogP contribution in [0.2, 0.25) is 0 Å². The van der Waals surface area contributed by atoms with Gasteiger partial charge in [0.1, 0.15) is 18.0 Å². The maximum absolute atomic E-state index is 13.2. The van der Waals surface area contributed by atoms with Crippen LogP contribution in [0.5, 0.6) is 0 Å². The first-order valence-electron chi connectivity index (χ1n) is 19.8. The van der Waals surface area contributed by atoms with Gasteiger partial charge in [0.25, 0.3) is 11.8 Å². The minimum atomic E-state index is -4.53. The summed E-state index contributed by atoms with van der Waals surface area (Å²) in [6.07, 6.45) is -5.96. The van der Waals surface area contributed by atoms with Crippen LogP contribution in [0.25, 0.3) is 0 Å². The standard InChI is InChI=1S/C22H19BrF3N3O3.C13H13BrN2O2.C9H7BrF3NO.Na.H/c23-16-7-5-14(6-8-16)19-20(31)29(21(28-19)9-2-10-32-13-21)12-18(30)27-17-4-1-3-15(11-17)22(24,25)26;14-10-4-2-9(3-5-10)11-12(17)16-13(15-11)6-1-7-18-8-13;10-5-8(15)14-7-3-1-2-6(4-7)9(11,12)13;;/h1,3-8,11H,2,9-10,12-13H2,(H,27,30);2-5H,1,6-8H2,(H,16,17);1-4H,5H2,(H,14,15);;/q;;;+1;-1. The van der Waals surface area contributed by atoms with Crippen molar-refractivity contribution in [3.8, 4) is 0 Å². The summed E-state index contributed by atoms with van der Waals surface area (Å²) in [4.78, 5) is 59.5. The molecule has 4 amide bonds. The predicted octanol–water partition coefficient (Wildman–Crippen LogP) is 6.27. The molecule has 4 aromatic carbocycles. The minimum absolute atomic E-state index is 0. The molecule has 0 saturated carbocycles. The van der Waals surface area contributed by atoms with Crippen LogP contribution >= 0.6 is 47.8 Å². The summed E-state index contributed by atoms with van der Waals surface area (Å²) in [6.45, 7) is 1.54. The van der Waals surface area contributed by atoms with Crippen molar-refractivity contribution < 1.29 is 86.0 Å². The second kappa shape index (κ2) is 22.9. The van der Waals surface area contributed by atoms with E-state index in [1.165, 1.54) is 29.2 Å². The van der Waals surface area contributed by atoms with Crippen molar-refractivity contribution in [1.82, 2.24) is 10.2 Å². The van der Waals surface area contributed by atoms with Gasteiger partial charge in [-0.15, -0.1) is 0 Å². The molecule has 4 aliphatic heterocycles. The summed E-state index contributed by atoms with van der Waals surface area (Å²) in [5.41, 5.74) is -0.861. The van der Waals surface area contributed by atoms with E-state index in [4.69, 9.17) is 9.47 Å². The van der Waals surface area contributed by atoms with Crippen molar-refractivity contribution in [2.24, 2.45) is 9.98 Å². The predicted molar refractivity (Wildman–Crippen MR) is 242 cm³/mol. The number of aliphatic imine (C=N–C) groups is 2. The minimum Gasteiger partial charge on any atom is -1.00 e. The molecular weight excluding hydrogens is 1090 g/mol. The first-order chi connectivity index (χ1) is 30.8. The zero-order chi connectivity index (χ0) is 47.0. The summed E-state index contributed by atoms with van der Waals surface area (Å²) in [5, 5.41) is 7.77. The van der Waals surface area contributed by atoms with E-state index in [-0.39, 0.29) is 72.5 Å².